The SMILES string of the molecule is CC(NC(=S)NC(=O)/C=C/c1ccc(Cl)cc1)c1ccccc1. The first-order chi connectivity index (χ1) is 11.0. The summed E-state index contributed by atoms with van der Waals surface area (Å²) in [4.78, 5) is 11.9. The van der Waals surface area contributed by atoms with Crippen molar-refractivity contribution in [3.05, 3.63) is 76.8 Å². The molecule has 23 heavy (non-hydrogen) atoms. The molecule has 0 aliphatic heterocycles. The van der Waals surface area contributed by atoms with Crippen LogP contribution in [0.2, 0.25) is 5.02 Å². The Bertz CT molecular complexity index is 699. The standard InChI is InChI=1S/C18H17ClN2OS/c1-13(15-5-3-2-4-6-15)20-18(23)21-17(22)12-9-14-7-10-16(19)11-8-14/h2-13H,1H3,(H2,20,21,22,23)/b12-9+. The average molecular weight is 345 g/mol. The highest BCUT2D eigenvalue weighted by Gasteiger charge is 2.07. The molecule has 2 rings (SSSR count). The molecule has 1 unspecified atom stereocenters. The van der Waals surface area contributed by atoms with Crippen molar-refractivity contribution in [2.75, 3.05) is 0 Å². The lowest BCUT2D eigenvalue weighted by molar-refractivity contribution is -0.115. The molecule has 0 aliphatic rings. The number of halogens is 1. The first kappa shape index (κ1) is 17.2. The summed E-state index contributed by atoms with van der Waals surface area (Å²) in [7, 11) is 0. The van der Waals surface area contributed by atoms with Gasteiger partial charge in [-0.15, -0.1) is 0 Å². The summed E-state index contributed by atoms with van der Waals surface area (Å²) in [5, 5.41) is 6.67. The molecule has 0 saturated heterocycles. The Kier molecular flexibility index (Phi) is 6.32. The van der Waals surface area contributed by atoms with Crippen molar-refractivity contribution in [2.45, 2.75) is 13.0 Å². The number of carbonyl (C=O) groups excluding carboxylic acids is 1. The number of thiocarbonyl (C=S) groups is 1. The molecule has 5 heteroatoms. The minimum atomic E-state index is -0.280. The van der Waals surface area contributed by atoms with Gasteiger partial charge in [0, 0.05) is 11.1 Å². The van der Waals surface area contributed by atoms with E-state index in [4.69, 9.17) is 23.8 Å². The minimum Gasteiger partial charge on any atom is -0.356 e. The molecule has 0 heterocycles. The maximum atomic E-state index is 11.9. The normalized spacial score (nSPS) is 11.9. The van der Waals surface area contributed by atoms with Crippen LogP contribution in [0.1, 0.15) is 24.1 Å². The lowest BCUT2D eigenvalue weighted by atomic mass is 10.1. The van der Waals surface area contributed by atoms with Crippen molar-refractivity contribution in [1.29, 1.82) is 0 Å². The van der Waals surface area contributed by atoms with E-state index in [1.165, 1.54) is 6.08 Å². The number of hydrogen-bond acceptors (Lipinski definition) is 2. The van der Waals surface area contributed by atoms with Crippen molar-refractivity contribution in [3.63, 3.8) is 0 Å². The van der Waals surface area contributed by atoms with Gasteiger partial charge < -0.3 is 5.32 Å². The molecule has 2 aromatic carbocycles. The van der Waals surface area contributed by atoms with E-state index in [2.05, 4.69) is 10.6 Å². The Balaban J connectivity index is 1.85. The average Bonchev–Trinajstić information content (AvgIpc) is 2.55. The van der Waals surface area contributed by atoms with Gasteiger partial charge in [0.25, 0.3) is 0 Å². The second kappa shape index (κ2) is 8.46. The number of hydrogen-bond donors (Lipinski definition) is 2. The molecule has 0 aliphatic carbocycles. The van der Waals surface area contributed by atoms with Gasteiger partial charge in [-0.2, -0.15) is 0 Å². The summed E-state index contributed by atoms with van der Waals surface area (Å²) >= 11 is 11.0. The third-order valence-electron chi connectivity index (χ3n) is 3.18. The molecule has 0 aromatic heterocycles. The molecule has 118 valence electrons. The van der Waals surface area contributed by atoms with Gasteiger partial charge in [0.15, 0.2) is 5.11 Å². The van der Waals surface area contributed by atoms with Gasteiger partial charge in [0.05, 0.1) is 6.04 Å². The molecule has 1 amide bonds. The zero-order valence-corrected chi connectivity index (χ0v) is 14.2. The zero-order chi connectivity index (χ0) is 16.7. The fraction of sp³-hybridized carbons (Fsp3) is 0.111. The predicted octanol–water partition coefficient (Wildman–Crippen LogP) is 4.11. The minimum absolute atomic E-state index is 0.0178. The Morgan fingerprint density at radius 1 is 1.13 bits per heavy atom. The second-order valence-corrected chi connectivity index (χ2v) is 5.82. The smallest absolute Gasteiger partial charge is 0.250 e. The second-order valence-electron chi connectivity index (χ2n) is 4.98. The van der Waals surface area contributed by atoms with E-state index in [1.807, 2.05) is 49.4 Å². The highest BCUT2D eigenvalue weighted by Crippen LogP contribution is 2.11. The van der Waals surface area contributed by atoms with Crippen LogP contribution in [0.5, 0.6) is 0 Å². The van der Waals surface area contributed by atoms with E-state index in [0.29, 0.717) is 10.1 Å². The van der Waals surface area contributed by atoms with E-state index in [1.54, 1.807) is 18.2 Å². The highest BCUT2D eigenvalue weighted by atomic mass is 35.5. The number of benzene rings is 2. The van der Waals surface area contributed by atoms with Crippen molar-refractivity contribution in [3.8, 4) is 0 Å². The predicted molar refractivity (Wildman–Crippen MR) is 99.2 cm³/mol. The van der Waals surface area contributed by atoms with Crippen LogP contribution >= 0.6 is 23.8 Å². The van der Waals surface area contributed by atoms with Gasteiger partial charge in [0.1, 0.15) is 0 Å². The highest BCUT2D eigenvalue weighted by molar-refractivity contribution is 7.80. The zero-order valence-electron chi connectivity index (χ0n) is 12.6. The summed E-state index contributed by atoms with van der Waals surface area (Å²) in [6, 6.07) is 17.1. The third-order valence-corrected chi connectivity index (χ3v) is 3.65. The van der Waals surface area contributed by atoms with E-state index in [9.17, 15) is 4.79 Å². The van der Waals surface area contributed by atoms with Gasteiger partial charge in [-0.25, -0.2) is 0 Å². The fourth-order valence-electron chi connectivity index (χ4n) is 1.96. The van der Waals surface area contributed by atoms with E-state index < -0.39 is 0 Å². The number of amides is 1. The van der Waals surface area contributed by atoms with Crippen LogP contribution in [0.15, 0.2) is 60.7 Å². The van der Waals surface area contributed by atoms with E-state index in [-0.39, 0.29) is 11.9 Å². The summed E-state index contributed by atoms with van der Waals surface area (Å²) in [5.41, 5.74) is 1.99. The van der Waals surface area contributed by atoms with Crippen LogP contribution in [-0.4, -0.2) is 11.0 Å². The summed E-state index contributed by atoms with van der Waals surface area (Å²) in [6.07, 6.45) is 3.14. The Labute approximate surface area is 146 Å². The van der Waals surface area contributed by atoms with Crippen LogP contribution in [-0.2, 0) is 4.79 Å². The molecular weight excluding hydrogens is 328 g/mol. The van der Waals surface area contributed by atoms with E-state index in [0.717, 1.165) is 11.1 Å². The van der Waals surface area contributed by atoms with E-state index >= 15 is 0 Å². The molecular formula is C18H17ClN2OS. The number of nitrogens with one attached hydrogen (secondary N) is 2. The Hall–Kier alpha value is -2.17. The topological polar surface area (TPSA) is 41.1 Å². The van der Waals surface area contributed by atoms with Crippen molar-refractivity contribution in [2.24, 2.45) is 0 Å². The van der Waals surface area contributed by atoms with Crippen LogP contribution in [0, 0.1) is 0 Å². The van der Waals surface area contributed by atoms with Crippen LogP contribution in [0.3, 0.4) is 0 Å². The summed E-state index contributed by atoms with van der Waals surface area (Å²) < 4.78 is 0. The van der Waals surface area contributed by atoms with Gasteiger partial charge >= 0.3 is 0 Å². The summed E-state index contributed by atoms with van der Waals surface area (Å²) in [6.45, 7) is 1.98. The van der Waals surface area contributed by atoms with Crippen LogP contribution in [0.4, 0.5) is 0 Å². The molecule has 0 spiro atoms. The first-order valence-corrected chi connectivity index (χ1v) is 7.93. The number of carbonyl (C=O) groups is 1. The molecule has 2 N–H and O–H groups in total. The molecule has 0 radical (unpaired) electrons. The van der Waals surface area contributed by atoms with Gasteiger partial charge in [-0.3, -0.25) is 10.1 Å². The molecule has 2 aromatic rings. The van der Waals surface area contributed by atoms with Gasteiger partial charge in [-0.1, -0.05) is 54.1 Å². The quantitative estimate of drug-likeness (QED) is 0.648. The lowest BCUT2D eigenvalue weighted by Crippen LogP contribution is -2.39. The van der Waals surface area contributed by atoms with Crippen molar-refractivity contribution in [1.82, 2.24) is 10.6 Å². The maximum Gasteiger partial charge on any atom is 0.250 e. The van der Waals surface area contributed by atoms with Gasteiger partial charge in [0.2, 0.25) is 5.91 Å². The van der Waals surface area contributed by atoms with Crippen molar-refractivity contribution >= 4 is 40.9 Å². The maximum absolute atomic E-state index is 11.9. The largest absolute Gasteiger partial charge is 0.356 e. The summed E-state index contributed by atoms with van der Waals surface area (Å²) in [5.74, 6) is -0.280. The lowest BCUT2D eigenvalue weighted by Gasteiger charge is -2.16. The monoisotopic (exact) mass is 344 g/mol. The fourth-order valence-corrected chi connectivity index (χ4v) is 2.36. The van der Waals surface area contributed by atoms with Gasteiger partial charge in [-0.05, 0) is 48.5 Å². The molecule has 1 atom stereocenters. The Morgan fingerprint density at radius 3 is 2.43 bits per heavy atom. The third kappa shape index (κ3) is 5.85. The van der Waals surface area contributed by atoms with Crippen LogP contribution < -0.4 is 10.6 Å². The molecule has 0 saturated carbocycles. The first-order valence-electron chi connectivity index (χ1n) is 7.14. The molecule has 3 nitrogen and oxygen atoms in total. The van der Waals surface area contributed by atoms with Crippen LogP contribution in [0.25, 0.3) is 6.08 Å². The Morgan fingerprint density at radius 2 is 1.78 bits per heavy atom. The molecule has 0 bridgehead atoms. The number of rotatable bonds is 4. The van der Waals surface area contributed by atoms with Crippen molar-refractivity contribution < 1.29 is 4.79 Å². The molecule has 0 fully saturated rings.